The number of piperidine rings is 1. The van der Waals surface area contributed by atoms with E-state index < -0.39 is 0 Å². The Bertz CT molecular complexity index is 936. The Balaban J connectivity index is 1.11. The van der Waals surface area contributed by atoms with E-state index in [9.17, 15) is 4.79 Å². The van der Waals surface area contributed by atoms with Gasteiger partial charge in [0, 0.05) is 24.7 Å². The summed E-state index contributed by atoms with van der Waals surface area (Å²) >= 11 is 0. The fourth-order valence-corrected chi connectivity index (χ4v) is 4.80. The molecule has 4 atom stereocenters. The van der Waals surface area contributed by atoms with E-state index in [1.54, 1.807) is 19.2 Å². The van der Waals surface area contributed by atoms with Gasteiger partial charge in [0.05, 0.1) is 20.3 Å². The second kappa shape index (κ2) is 9.38. The second-order valence-electron chi connectivity index (χ2n) is 8.90. The van der Waals surface area contributed by atoms with Crippen LogP contribution in [0.5, 0.6) is 17.2 Å². The molecular formula is C25H30N2O5. The third-order valence-electron chi connectivity index (χ3n) is 6.46. The van der Waals surface area contributed by atoms with E-state index in [-0.39, 0.29) is 18.1 Å². The van der Waals surface area contributed by atoms with Crippen LogP contribution in [0.4, 0.5) is 0 Å². The maximum Gasteiger partial charge on any atom is 0.251 e. The van der Waals surface area contributed by atoms with Crippen molar-refractivity contribution in [3.8, 4) is 17.2 Å². The van der Waals surface area contributed by atoms with Gasteiger partial charge < -0.3 is 29.2 Å². The molecule has 2 aromatic rings. The second-order valence-corrected chi connectivity index (χ2v) is 8.90. The minimum absolute atomic E-state index is 0.0474. The van der Waals surface area contributed by atoms with Crippen LogP contribution in [-0.2, 0) is 11.3 Å². The Kier molecular flexibility index (Phi) is 6.19. The summed E-state index contributed by atoms with van der Waals surface area (Å²) in [5.41, 5.74) is 1.68. The minimum Gasteiger partial charge on any atom is -0.497 e. The van der Waals surface area contributed by atoms with Gasteiger partial charge in [-0.1, -0.05) is 12.1 Å². The molecule has 3 heterocycles. The lowest BCUT2D eigenvalue weighted by atomic mass is 9.96. The molecule has 5 rings (SSSR count). The molecule has 2 aromatic carbocycles. The first kappa shape index (κ1) is 21.1. The van der Waals surface area contributed by atoms with E-state index in [2.05, 4.69) is 10.2 Å². The highest BCUT2D eigenvalue weighted by Crippen LogP contribution is 2.33. The first-order valence-corrected chi connectivity index (χ1v) is 11.3. The summed E-state index contributed by atoms with van der Waals surface area (Å²) in [6, 6.07) is 13.4. The van der Waals surface area contributed by atoms with E-state index in [0.29, 0.717) is 36.9 Å². The summed E-state index contributed by atoms with van der Waals surface area (Å²) in [5.74, 6) is 2.75. The first-order valence-electron chi connectivity index (χ1n) is 11.3. The summed E-state index contributed by atoms with van der Waals surface area (Å²) in [4.78, 5) is 15.2. The minimum atomic E-state index is -0.188. The van der Waals surface area contributed by atoms with E-state index in [0.717, 1.165) is 36.7 Å². The molecular weight excluding hydrogens is 408 g/mol. The summed E-state index contributed by atoms with van der Waals surface area (Å²) in [6.45, 7) is 4.60. The van der Waals surface area contributed by atoms with Crippen LogP contribution >= 0.6 is 0 Å². The summed E-state index contributed by atoms with van der Waals surface area (Å²) < 4.78 is 22.9. The molecule has 170 valence electrons. The fourth-order valence-electron chi connectivity index (χ4n) is 4.80. The number of methoxy groups -OCH3 is 1. The van der Waals surface area contributed by atoms with Gasteiger partial charge >= 0.3 is 0 Å². The van der Waals surface area contributed by atoms with Gasteiger partial charge in [-0.3, -0.25) is 4.79 Å². The molecule has 7 heteroatoms. The smallest absolute Gasteiger partial charge is 0.251 e. The molecule has 0 aromatic heterocycles. The van der Waals surface area contributed by atoms with Crippen LogP contribution < -0.4 is 19.5 Å². The maximum atomic E-state index is 12.8. The maximum absolute atomic E-state index is 12.8. The zero-order chi connectivity index (χ0) is 21.9. The molecule has 1 amide bonds. The van der Waals surface area contributed by atoms with Gasteiger partial charge in [0.2, 0.25) is 0 Å². The normalized spacial score (nSPS) is 25.9. The molecule has 2 saturated heterocycles. The number of rotatable bonds is 7. The highest BCUT2D eigenvalue weighted by Gasteiger charge is 2.33. The van der Waals surface area contributed by atoms with Crippen molar-refractivity contribution < 1.29 is 23.7 Å². The molecule has 0 saturated carbocycles. The molecule has 2 bridgehead atoms. The van der Waals surface area contributed by atoms with Crippen molar-refractivity contribution in [2.75, 3.05) is 40.0 Å². The number of hydrogen-bond acceptors (Lipinski definition) is 6. The first-order chi connectivity index (χ1) is 15.7. The SMILES string of the molecule is COc1ccc(COC[C@@H]2COc3cc(C(=O)N[C@H]4C[C@@H]5CCN(C5)C4)ccc3O2)cc1. The molecule has 1 N–H and O–H groups in total. The highest BCUT2D eigenvalue weighted by atomic mass is 16.6. The number of carbonyl (C=O) groups is 1. The largest absolute Gasteiger partial charge is 0.497 e. The van der Waals surface area contributed by atoms with Crippen molar-refractivity contribution in [2.24, 2.45) is 5.92 Å². The van der Waals surface area contributed by atoms with Gasteiger partial charge in [0.1, 0.15) is 12.4 Å². The number of nitrogens with zero attached hydrogens (tertiary/aromatic N) is 1. The molecule has 1 unspecified atom stereocenters. The predicted molar refractivity (Wildman–Crippen MR) is 119 cm³/mol. The van der Waals surface area contributed by atoms with E-state index in [1.807, 2.05) is 30.3 Å². The lowest BCUT2D eigenvalue weighted by Gasteiger charge is -2.30. The number of benzene rings is 2. The number of ether oxygens (including phenoxy) is 4. The zero-order valence-electron chi connectivity index (χ0n) is 18.4. The van der Waals surface area contributed by atoms with Crippen molar-refractivity contribution in [3.05, 3.63) is 53.6 Å². The van der Waals surface area contributed by atoms with Gasteiger partial charge in [-0.25, -0.2) is 0 Å². The Morgan fingerprint density at radius 2 is 2.03 bits per heavy atom. The van der Waals surface area contributed by atoms with E-state index in [1.165, 1.54) is 13.0 Å². The van der Waals surface area contributed by atoms with E-state index >= 15 is 0 Å². The lowest BCUT2D eigenvalue weighted by Crippen LogP contribution is -2.47. The quantitative estimate of drug-likeness (QED) is 0.717. The summed E-state index contributed by atoms with van der Waals surface area (Å²) in [5, 5.41) is 3.20. The topological polar surface area (TPSA) is 69.3 Å². The van der Waals surface area contributed by atoms with Crippen molar-refractivity contribution >= 4 is 5.91 Å². The number of hydrogen-bond donors (Lipinski definition) is 1. The Labute approximate surface area is 188 Å². The Morgan fingerprint density at radius 3 is 2.84 bits per heavy atom. The third-order valence-corrected chi connectivity index (χ3v) is 6.46. The monoisotopic (exact) mass is 438 g/mol. The van der Waals surface area contributed by atoms with E-state index in [4.69, 9.17) is 18.9 Å². The molecule has 0 aliphatic carbocycles. The number of carbonyl (C=O) groups excluding carboxylic acids is 1. The van der Waals surface area contributed by atoms with Crippen LogP contribution in [0.25, 0.3) is 0 Å². The third kappa shape index (κ3) is 4.84. The van der Waals surface area contributed by atoms with Gasteiger partial charge in [0.15, 0.2) is 17.6 Å². The van der Waals surface area contributed by atoms with Crippen LogP contribution in [-0.4, -0.2) is 62.9 Å². The predicted octanol–water partition coefficient (Wildman–Crippen LogP) is 2.88. The molecule has 3 aliphatic rings. The number of nitrogens with one attached hydrogen (secondary N) is 1. The van der Waals surface area contributed by atoms with Gasteiger partial charge in [0.25, 0.3) is 5.91 Å². The van der Waals surface area contributed by atoms with Crippen molar-refractivity contribution in [1.82, 2.24) is 10.2 Å². The average molecular weight is 439 g/mol. The standard InChI is InChI=1S/C25H30N2O5/c1-29-21-5-2-17(3-6-21)14-30-15-22-16-31-24-11-19(4-7-23(24)32-22)25(28)26-20-10-18-8-9-27(12-18)13-20/h2-7,11,18,20,22H,8-10,12-16H2,1H3,(H,26,28)/t18-,20-,22+/m0/s1. The van der Waals surface area contributed by atoms with Crippen LogP contribution in [0.2, 0.25) is 0 Å². The number of amides is 1. The summed E-state index contributed by atoms with van der Waals surface area (Å²) in [6.07, 6.45) is 2.14. The lowest BCUT2D eigenvalue weighted by molar-refractivity contribution is 0.00267. The van der Waals surface area contributed by atoms with Crippen molar-refractivity contribution in [3.63, 3.8) is 0 Å². The van der Waals surface area contributed by atoms with Crippen molar-refractivity contribution in [2.45, 2.75) is 31.6 Å². The molecule has 7 nitrogen and oxygen atoms in total. The highest BCUT2D eigenvalue weighted by molar-refractivity contribution is 5.95. The Hall–Kier alpha value is -2.77. The molecule has 0 radical (unpaired) electrons. The van der Waals surface area contributed by atoms with Crippen LogP contribution in [0.15, 0.2) is 42.5 Å². The molecule has 3 aliphatic heterocycles. The number of fused-ring (bicyclic) bond motifs is 3. The summed E-state index contributed by atoms with van der Waals surface area (Å²) in [7, 11) is 1.65. The Morgan fingerprint density at radius 1 is 1.16 bits per heavy atom. The molecule has 2 fully saturated rings. The average Bonchev–Trinajstić information content (AvgIpc) is 3.17. The van der Waals surface area contributed by atoms with Gasteiger partial charge in [-0.15, -0.1) is 0 Å². The van der Waals surface area contributed by atoms with Gasteiger partial charge in [-0.2, -0.15) is 0 Å². The molecule has 32 heavy (non-hydrogen) atoms. The zero-order valence-corrected chi connectivity index (χ0v) is 18.4. The van der Waals surface area contributed by atoms with Crippen LogP contribution in [0.3, 0.4) is 0 Å². The van der Waals surface area contributed by atoms with Crippen molar-refractivity contribution in [1.29, 1.82) is 0 Å². The fraction of sp³-hybridized carbons (Fsp3) is 0.480. The van der Waals surface area contributed by atoms with Gasteiger partial charge in [-0.05, 0) is 61.2 Å². The molecule has 0 spiro atoms. The van der Waals surface area contributed by atoms with Crippen LogP contribution in [0, 0.1) is 5.92 Å². The van der Waals surface area contributed by atoms with Crippen LogP contribution in [0.1, 0.15) is 28.8 Å².